The molecule has 1 heterocycles. The molecule has 0 saturated carbocycles. The first kappa shape index (κ1) is 10.7. The van der Waals surface area contributed by atoms with Crippen LogP contribution in [0.3, 0.4) is 0 Å². The molecule has 2 nitrogen and oxygen atoms in total. The molecule has 0 aliphatic rings. The number of carbonyl (C=O) groups is 1. The smallest absolute Gasteiger partial charge is 0.150 e. The van der Waals surface area contributed by atoms with Gasteiger partial charge in [0.25, 0.3) is 0 Å². The summed E-state index contributed by atoms with van der Waals surface area (Å²) in [6.07, 6.45) is 2.65. The lowest BCUT2D eigenvalue weighted by Gasteiger charge is -2.05. The number of rotatable bonds is 2. The largest absolute Gasteiger partial charge is 0.298 e. The minimum Gasteiger partial charge on any atom is -0.298 e. The van der Waals surface area contributed by atoms with Gasteiger partial charge in [-0.3, -0.25) is 9.78 Å². The number of aromatic nitrogens is 1. The second kappa shape index (κ2) is 4.41. The van der Waals surface area contributed by atoms with Crippen molar-refractivity contribution < 1.29 is 4.79 Å². The number of pyridine rings is 1. The molecule has 0 amide bonds. The summed E-state index contributed by atoms with van der Waals surface area (Å²) in [5.41, 5.74) is 3.83. The van der Waals surface area contributed by atoms with Gasteiger partial charge in [0.1, 0.15) is 6.29 Å². The average molecular weight is 233 g/mol. The molecule has 0 radical (unpaired) electrons. The van der Waals surface area contributed by atoms with Crippen molar-refractivity contribution in [2.75, 3.05) is 0 Å². The van der Waals surface area contributed by atoms with E-state index in [4.69, 9.17) is 0 Å². The van der Waals surface area contributed by atoms with E-state index in [9.17, 15) is 4.79 Å². The number of fused-ring (bicyclic) bond motifs is 1. The summed E-state index contributed by atoms with van der Waals surface area (Å²) in [4.78, 5) is 15.1. The lowest BCUT2D eigenvalue weighted by atomic mass is 10.0. The van der Waals surface area contributed by atoms with Crippen molar-refractivity contribution in [1.82, 2.24) is 4.98 Å². The van der Waals surface area contributed by atoms with Crippen LogP contribution in [0.2, 0.25) is 0 Å². The quantitative estimate of drug-likeness (QED) is 0.631. The standard InChI is InChI=1S/C16H11NO/c18-11-12-6-8-13(9-7-12)15-5-1-3-14-4-2-10-17-16(14)15/h1-11H. The molecule has 86 valence electrons. The molecule has 2 aromatic carbocycles. The highest BCUT2D eigenvalue weighted by atomic mass is 16.1. The van der Waals surface area contributed by atoms with Crippen LogP contribution in [0.4, 0.5) is 0 Å². The highest BCUT2D eigenvalue weighted by molar-refractivity contribution is 5.93. The maximum Gasteiger partial charge on any atom is 0.150 e. The predicted octanol–water partition coefficient (Wildman–Crippen LogP) is 3.71. The van der Waals surface area contributed by atoms with Crippen LogP contribution in [0.15, 0.2) is 60.8 Å². The van der Waals surface area contributed by atoms with Gasteiger partial charge in [-0.05, 0) is 11.6 Å². The van der Waals surface area contributed by atoms with Gasteiger partial charge in [0.2, 0.25) is 0 Å². The first-order valence-corrected chi connectivity index (χ1v) is 5.78. The van der Waals surface area contributed by atoms with Crippen LogP contribution in [0.1, 0.15) is 10.4 Å². The Bertz CT molecular complexity index is 696. The summed E-state index contributed by atoms with van der Waals surface area (Å²) in [6, 6.07) is 17.6. The zero-order valence-electron chi connectivity index (χ0n) is 9.71. The number of carbonyl (C=O) groups excluding carboxylic acids is 1. The van der Waals surface area contributed by atoms with E-state index in [-0.39, 0.29) is 0 Å². The Kier molecular flexibility index (Phi) is 2.61. The van der Waals surface area contributed by atoms with E-state index < -0.39 is 0 Å². The molecule has 0 aliphatic heterocycles. The lowest BCUT2D eigenvalue weighted by molar-refractivity contribution is 0.112. The topological polar surface area (TPSA) is 30.0 Å². The van der Waals surface area contributed by atoms with E-state index in [0.29, 0.717) is 5.56 Å². The third-order valence-corrected chi connectivity index (χ3v) is 2.99. The molecule has 0 spiro atoms. The number of benzene rings is 2. The molecular formula is C16H11NO. The molecule has 3 rings (SSSR count). The zero-order chi connectivity index (χ0) is 12.4. The highest BCUT2D eigenvalue weighted by Gasteiger charge is 2.04. The molecule has 0 fully saturated rings. The van der Waals surface area contributed by atoms with Gasteiger partial charge in [-0.1, -0.05) is 48.5 Å². The number of aldehydes is 1. The summed E-state index contributed by atoms with van der Waals surface area (Å²) in [7, 11) is 0. The Morgan fingerprint density at radius 1 is 0.889 bits per heavy atom. The van der Waals surface area contributed by atoms with Crippen molar-refractivity contribution in [3.05, 3.63) is 66.4 Å². The van der Waals surface area contributed by atoms with Crippen molar-refractivity contribution in [2.24, 2.45) is 0 Å². The third-order valence-electron chi connectivity index (χ3n) is 2.99. The van der Waals surface area contributed by atoms with Crippen LogP contribution in [0.25, 0.3) is 22.0 Å². The van der Waals surface area contributed by atoms with Crippen molar-refractivity contribution >= 4 is 17.2 Å². The molecule has 0 N–H and O–H groups in total. The Labute approximate surface area is 105 Å². The van der Waals surface area contributed by atoms with Crippen LogP contribution in [0, 0.1) is 0 Å². The van der Waals surface area contributed by atoms with Gasteiger partial charge < -0.3 is 0 Å². The Morgan fingerprint density at radius 2 is 1.67 bits per heavy atom. The second-order valence-electron chi connectivity index (χ2n) is 4.12. The predicted molar refractivity (Wildman–Crippen MR) is 72.6 cm³/mol. The van der Waals surface area contributed by atoms with Crippen LogP contribution in [-0.2, 0) is 0 Å². The van der Waals surface area contributed by atoms with E-state index >= 15 is 0 Å². The monoisotopic (exact) mass is 233 g/mol. The fraction of sp³-hybridized carbons (Fsp3) is 0. The Balaban J connectivity index is 2.21. The van der Waals surface area contributed by atoms with Gasteiger partial charge in [-0.25, -0.2) is 0 Å². The highest BCUT2D eigenvalue weighted by Crippen LogP contribution is 2.26. The minimum atomic E-state index is 0.687. The molecular weight excluding hydrogens is 222 g/mol. The van der Waals surface area contributed by atoms with Crippen molar-refractivity contribution in [1.29, 1.82) is 0 Å². The average Bonchev–Trinajstić information content (AvgIpc) is 2.47. The maximum atomic E-state index is 10.7. The third kappa shape index (κ3) is 1.78. The summed E-state index contributed by atoms with van der Waals surface area (Å²) < 4.78 is 0. The van der Waals surface area contributed by atoms with E-state index in [2.05, 4.69) is 4.98 Å². The number of nitrogens with zero attached hydrogens (tertiary/aromatic N) is 1. The molecule has 0 atom stereocenters. The number of para-hydroxylation sites is 1. The summed E-state index contributed by atoms with van der Waals surface area (Å²) in [5.74, 6) is 0. The number of hydrogen-bond acceptors (Lipinski definition) is 2. The summed E-state index contributed by atoms with van der Waals surface area (Å²) >= 11 is 0. The van der Waals surface area contributed by atoms with E-state index in [1.807, 2.05) is 54.6 Å². The van der Waals surface area contributed by atoms with E-state index in [1.54, 1.807) is 6.20 Å². The van der Waals surface area contributed by atoms with Gasteiger partial charge in [0, 0.05) is 22.7 Å². The Morgan fingerprint density at radius 3 is 2.44 bits per heavy atom. The van der Waals surface area contributed by atoms with Crippen molar-refractivity contribution in [3.63, 3.8) is 0 Å². The molecule has 2 heteroatoms. The molecule has 0 saturated heterocycles. The fourth-order valence-corrected chi connectivity index (χ4v) is 2.08. The minimum absolute atomic E-state index is 0.687. The fourth-order valence-electron chi connectivity index (χ4n) is 2.08. The summed E-state index contributed by atoms with van der Waals surface area (Å²) in [5, 5.41) is 1.12. The van der Waals surface area contributed by atoms with E-state index in [1.165, 1.54) is 0 Å². The van der Waals surface area contributed by atoms with Crippen LogP contribution >= 0.6 is 0 Å². The normalized spacial score (nSPS) is 10.4. The van der Waals surface area contributed by atoms with Crippen LogP contribution in [-0.4, -0.2) is 11.3 Å². The van der Waals surface area contributed by atoms with E-state index in [0.717, 1.165) is 28.3 Å². The molecule has 0 unspecified atom stereocenters. The Hall–Kier alpha value is -2.48. The van der Waals surface area contributed by atoms with Crippen molar-refractivity contribution in [3.8, 4) is 11.1 Å². The molecule has 18 heavy (non-hydrogen) atoms. The van der Waals surface area contributed by atoms with Gasteiger partial charge in [0.05, 0.1) is 5.52 Å². The zero-order valence-corrected chi connectivity index (χ0v) is 9.71. The van der Waals surface area contributed by atoms with Gasteiger partial charge >= 0.3 is 0 Å². The first-order valence-electron chi connectivity index (χ1n) is 5.78. The van der Waals surface area contributed by atoms with Gasteiger partial charge in [-0.2, -0.15) is 0 Å². The van der Waals surface area contributed by atoms with Crippen molar-refractivity contribution in [2.45, 2.75) is 0 Å². The number of hydrogen-bond donors (Lipinski definition) is 0. The van der Waals surface area contributed by atoms with Gasteiger partial charge in [0.15, 0.2) is 0 Å². The summed E-state index contributed by atoms with van der Waals surface area (Å²) in [6.45, 7) is 0. The maximum absolute atomic E-state index is 10.7. The SMILES string of the molecule is O=Cc1ccc(-c2cccc3cccnc23)cc1. The van der Waals surface area contributed by atoms with Crippen LogP contribution < -0.4 is 0 Å². The first-order chi connectivity index (χ1) is 8.88. The molecule has 3 aromatic rings. The molecule has 1 aromatic heterocycles. The lowest BCUT2D eigenvalue weighted by Crippen LogP contribution is -1.85. The second-order valence-corrected chi connectivity index (χ2v) is 4.12. The van der Waals surface area contributed by atoms with Gasteiger partial charge in [-0.15, -0.1) is 0 Å². The molecule has 0 aliphatic carbocycles. The molecule has 0 bridgehead atoms. The van der Waals surface area contributed by atoms with Crippen LogP contribution in [0.5, 0.6) is 0 Å².